The van der Waals surface area contributed by atoms with Crippen molar-refractivity contribution in [2.45, 2.75) is 13.8 Å². The number of hydrogen-bond donors (Lipinski definition) is 1. The zero-order valence-electron chi connectivity index (χ0n) is 13.2. The Morgan fingerprint density at radius 1 is 1.17 bits per heavy atom. The van der Waals surface area contributed by atoms with Gasteiger partial charge in [0.05, 0.1) is 11.9 Å². The summed E-state index contributed by atoms with van der Waals surface area (Å²) in [5.41, 5.74) is 2.54. The van der Waals surface area contributed by atoms with Gasteiger partial charge in [0, 0.05) is 17.5 Å². The Bertz CT molecular complexity index is 985. The molecule has 0 radical (unpaired) electrons. The van der Waals surface area contributed by atoms with Crippen molar-refractivity contribution in [2.24, 2.45) is 0 Å². The number of pyridine rings is 1. The van der Waals surface area contributed by atoms with E-state index in [1.54, 1.807) is 43.5 Å². The molecule has 0 saturated heterocycles. The second-order valence-corrected chi connectivity index (χ2v) is 5.31. The van der Waals surface area contributed by atoms with Gasteiger partial charge in [-0.1, -0.05) is 12.1 Å². The first-order chi connectivity index (χ1) is 11.6. The number of aryl methyl sites for hydroxylation is 2. The molecule has 6 nitrogen and oxygen atoms in total. The molecule has 0 spiro atoms. The van der Waals surface area contributed by atoms with Gasteiger partial charge in [-0.2, -0.15) is 5.26 Å². The van der Waals surface area contributed by atoms with E-state index < -0.39 is 0 Å². The average Bonchev–Trinajstić information content (AvgIpc) is 2.55. The first kappa shape index (κ1) is 15.4. The maximum absolute atomic E-state index is 11.9. The molecule has 0 saturated carbocycles. The number of aromatic nitrogens is 3. The number of H-pyrrole nitrogens is 1. The standard InChI is InChI=1S/C18H14N4O2/c1-11-7-15(16(8-19)18(23)22-11)13-3-5-14(6-4-13)24-17-10-20-9-12(2)21-17/h3-7,9-10H,1-2H3,(H,22,23). The molecule has 0 aliphatic carbocycles. The van der Waals surface area contributed by atoms with Crippen LogP contribution in [0.2, 0.25) is 0 Å². The number of rotatable bonds is 3. The molecule has 6 heteroatoms. The van der Waals surface area contributed by atoms with E-state index in [-0.39, 0.29) is 11.1 Å². The second kappa shape index (κ2) is 6.34. The summed E-state index contributed by atoms with van der Waals surface area (Å²) < 4.78 is 5.65. The largest absolute Gasteiger partial charge is 0.437 e. The Hall–Kier alpha value is -3.46. The zero-order chi connectivity index (χ0) is 17.1. The van der Waals surface area contributed by atoms with Crippen LogP contribution in [0.4, 0.5) is 0 Å². The maximum atomic E-state index is 11.9. The maximum Gasteiger partial charge on any atom is 0.266 e. The Kier molecular flexibility index (Phi) is 4.08. The van der Waals surface area contributed by atoms with Crippen LogP contribution in [0.25, 0.3) is 11.1 Å². The smallest absolute Gasteiger partial charge is 0.266 e. The summed E-state index contributed by atoms with van der Waals surface area (Å²) in [6, 6.07) is 10.9. The lowest BCUT2D eigenvalue weighted by atomic mass is 10.0. The predicted molar refractivity (Wildman–Crippen MR) is 88.8 cm³/mol. The summed E-state index contributed by atoms with van der Waals surface area (Å²) in [4.78, 5) is 22.8. The number of nitrogens with one attached hydrogen (secondary N) is 1. The van der Waals surface area contributed by atoms with Gasteiger partial charge < -0.3 is 9.72 Å². The monoisotopic (exact) mass is 318 g/mol. The van der Waals surface area contributed by atoms with Gasteiger partial charge >= 0.3 is 0 Å². The summed E-state index contributed by atoms with van der Waals surface area (Å²) in [5.74, 6) is 1.01. The van der Waals surface area contributed by atoms with Crippen LogP contribution < -0.4 is 10.3 Å². The summed E-state index contributed by atoms with van der Waals surface area (Å²) in [6.07, 6.45) is 3.18. The van der Waals surface area contributed by atoms with E-state index in [2.05, 4.69) is 15.0 Å². The van der Waals surface area contributed by atoms with Crippen LogP contribution >= 0.6 is 0 Å². The fourth-order valence-electron chi connectivity index (χ4n) is 2.34. The summed E-state index contributed by atoms with van der Waals surface area (Å²) in [5, 5.41) is 9.22. The molecule has 0 unspecified atom stereocenters. The molecule has 0 bridgehead atoms. The van der Waals surface area contributed by atoms with E-state index in [1.807, 2.05) is 13.0 Å². The third-order valence-electron chi connectivity index (χ3n) is 3.40. The lowest BCUT2D eigenvalue weighted by molar-refractivity contribution is 0.459. The van der Waals surface area contributed by atoms with Gasteiger partial charge in [-0.25, -0.2) is 4.98 Å². The minimum Gasteiger partial charge on any atom is -0.437 e. The van der Waals surface area contributed by atoms with Crippen molar-refractivity contribution in [3.8, 4) is 28.8 Å². The molecule has 0 atom stereocenters. The van der Waals surface area contributed by atoms with Gasteiger partial charge in [-0.15, -0.1) is 0 Å². The Morgan fingerprint density at radius 2 is 1.92 bits per heavy atom. The van der Waals surface area contributed by atoms with Crippen LogP contribution in [-0.2, 0) is 0 Å². The van der Waals surface area contributed by atoms with Gasteiger partial charge in [-0.05, 0) is 37.6 Å². The van der Waals surface area contributed by atoms with Gasteiger partial charge in [0.1, 0.15) is 17.4 Å². The van der Waals surface area contributed by atoms with Gasteiger partial charge in [0.2, 0.25) is 5.88 Å². The molecule has 0 aliphatic rings. The van der Waals surface area contributed by atoms with Crippen molar-refractivity contribution in [2.75, 3.05) is 0 Å². The van der Waals surface area contributed by atoms with Crippen LogP contribution in [0.3, 0.4) is 0 Å². The highest BCUT2D eigenvalue weighted by Gasteiger charge is 2.10. The number of ether oxygens (including phenoxy) is 1. The highest BCUT2D eigenvalue weighted by Crippen LogP contribution is 2.26. The molecule has 24 heavy (non-hydrogen) atoms. The lowest BCUT2D eigenvalue weighted by Crippen LogP contribution is -2.12. The van der Waals surface area contributed by atoms with Crippen molar-refractivity contribution in [3.05, 3.63) is 70.0 Å². The molecular weight excluding hydrogens is 304 g/mol. The number of aromatic amines is 1. The van der Waals surface area contributed by atoms with E-state index in [0.717, 1.165) is 11.3 Å². The predicted octanol–water partition coefficient (Wildman–Crippen LogP) is 3.11. The molecule has 0 fully saturated rings. The van der Waals surface area contributed by atoms with Crippen molar-refractivity contribution >= 4 is 0 Å². The first-order valence-electron chi connectivity index (χ1n) is 7.28. The lowest BCUT2D eigenvalue weighted by Gasteiger charge is -2.08. The van der Waals surface area contributed by atoms with Gasteiger partial charge in [0.25, 0.3) is 5.56 Å². The summed E-state index contributed by atoms with van der Waals surface area (Å²) in [7, 11) is 0. The third-order valence-corrected chi connectivity index (χ3v) is 3.40. The minimum absolute atomic E-state index is 0.0961. The van der Waals surface area contributed by atoms with Crippen LogP contribution in [0.5, 0.6) is 11.6 Å². The molecule has 118 valence electrons. The SMILES string of the molecule is Cc1cncc(Oc2ccc(-c3cc(C)[nH]c(=O)c3C#N)cc2)n1. The van der Waals surface area contributed by atoms with Crippen LogP contribution in [0.1, 0.15) is 17.0 Å². The van der Waals surface area contributed by atoms with Gasteiger partial charge in [-0.3, -0.25) is 9.78 Å². The fourth-order valence-corrected chi connectivity index (χ4v) is 2.34. The Morgan fingerprint density at radius 3 is 2.58 bits per heavy atom. The fraction of sp³-hybridized carbons (Fsp3) is 0.111. The Labute approximate surface area is 138 Å². The highest BCUT2D eigenvalue weighted by molar-refractivity contribution is 5.70. The van der Waals surface area contributed by atoms with Crippen LogP contribution in [0.15, 0.2) is 47.5 Å². The highest BCUT2D eigenvalue weighted by atomic mass is 16.5. The molecular formula is C18H14N4O2. The van der Waals surface area contributed by atoms with Crippen LogP contribution in [-0.4, -0.2) is 15.0 Å². The topological polar surface area (TPSA) is 91.7 Å². The zero-order valence-corrected chi connectivity index (χ0v) is 13.2. The molecule has 3 aromatic rings. The van der Waals surface area contributed by atoms with Crippen molar-refractivity contribution in [1.29, 1.82) is 5.26 Å². The van der Waals surface area contributed by atoms with Crippen molar-refractivity contribution < 1.29 is 4.74 Å². The molecule has 1 N–H and O–H groups in total. The summed E-state index contributed by atoms with van der Waals surface area (Å²) >= 11 is 0. The number of nitriles is 1. The van der Waals surface area contributed by atoms with Crippen molar-refractivity contribution in [3.63, 3.8) is 0 Å². The number of nitrogens with zero attached hydrogens (tertiary/aromatic N) is 3. The molecule has 2 heterocycles. The number of benzene rings is 1. The van der Waals surface area contributed by atoms with E-state index >= 15 is 0 Å². The summed E-state index contributed by atoms with van der Waals surface area (Å²) in [6.45, 7) is 3.61. The average molecular weight is 318 g/mol. The van der Waals surface area contributed by atoms with Crippen LogP contribution in [0, 0.1) is 25.2 Å². The molecule has 3 rings (SSSR count). The second-order valence-electron chi connectivity index (χ2n) is 5.31. The van der Waals surface area contributed by atoms with Gasteiger partial charge in [0.15, 0.2) is 0 Å². The molecule has 0 amide bonds. The van der Waals surface area contributed by atoms with E-state index in [4.69, 9.17) is 4.74 Å². The van der Waals surface area contributed by atoms with Crippen molar-refractivity contribution in [1.82, 2.24) is 15.0 Å². The molecule has 1 aromatic carbocycles. The number of hydrogen-bond acceptors (Lipinski definition) is 5. The minimum atomic E-state index is -0.386. The molecule has 2 aromatic heterocycles. The quantitative estimate of drug-likeness (QED) is 0.801. The Balaban J connectivity index is 1.93. The molecule has 0 aliphatic heterocycles. The van der Waals surface area contributed by atoms with E-state index in [1.165, 1.54) is 6.20 Å². The third kappa shape index (κ3) is 3.15. The normalized spacial score (nSPS) is 10.2. The first-order valence-corrected chi connectivity index (χ1v) is 7.28. The van der Waals surface area contributed by atoms with E-state index in [0.29, 0.717) is 22.9 Å². The van der Waals surface area contributed by atoms with E-state index in [9.17, 15) is 10.1 Å².